The van der Waals surface area contributed by atoms with Crippen molar-refractivity contribution >= 4 is 11.6 Å². The number of hydrogen-bond donors (Lipinski definition) is 1. The summed E-state index contributed by atoms with van der Waals surface area (Å²) in [6.45, 7) is 12.2. The molecule has 0 aromatic carbocycles. The topological polar surface area (TPSA) is 41.1 Å². The standard InChI is InChI=1S/C16H28N4/c1-5-7-13-14(17-9-6-2)18-12-19-15(13)20-10-8-16(3,4)11-20/h12H,5-11H2,1-4H3,(H,17,18,19). The smallest absolute Gasteiger partial charge is 0.137 e. The van der Waals surface area contributed by atoms with Crippen LogP contribution in [-0.4, -0.2) is 29.6 Å². The average molecular weight is 276 g/mol. The van der Waals surface area contributed by atoms with Crippen LogP contribution in [0.5, 0.6) is 0 Å². The van der Waals surface area contributed by atoms with Crippen molar-refractivity contribution in [3.63, 3.8) is 0 Å². The summed E-state index contributed by atoms with van der Waals surface area (Å²) < 4.78 is 0. The van der Waals surface area contributed by atoms with E-state index in [2.05, 4.69) is 47.9 Å². The lowest BCUT2D eigenvalue weighted by Crippen LogP contribution is -2.25. The van der Waals surface area contributed by atoms with E-state index in [0.717, 1.165) is 50.5 Å². The van der Waals surface area contributed by atoms with E-state index < -0.39 is 0 Å². The minimum atomic E-state index is 0.394. The first kappa shape index (κ1) is 15.1. The van der Waals surface area contributed by atoms with Crippen LogP contribution in [0.15, 0.2) is 6.33 Å². The van der Waals surface area contributed by atoms with Crippen LogP contribution in [0.1, 0.15) is 52.5 Å². The van der Waals surface area contributed by atoms with Crippen molar-refractivity contribution in [3.8, 4) is 0 Å². The van der Waals surface area contributed by atoms with Crippen molar-refractivity contribution in [2.45, 2.75) is 53.4 Å². The summed E-state index contributed by atoms with van der Waals surface area (Å²) in [6, 6.07) is 0. The van der Waals surface area contributed by atoms with Crippen molar-refractivity contribution in [2.24, 2.45) is 5.41 Å². The fraction of sp³-hybridized carbons (Fsp3) is 0.750. The molecule has 1 aromatic heterocycles. The summed E-state index contributed by atoms with van der Waals surface area (Å²) in [5, 5.41) is 3.45. The quantitative estimate of drug-likeness (QED) is 0.863. The summed E-state index contributed by atoms with van der Waals surface area (Å²) in [7, 11) is 0. The molecule has 112 valence electrons. The van der Waals surface area contributed by atoms with Gasteiger partial charge < -0.3 is 10.2 Å². The predicted octanol–water partition coefficient (Wildman–Crippen LogP) is 3.49. The van der Waals surface area contributed by atoms with E-state index in [9.17, 15) is 0 Å². The first-order valence-corrected chi connectivity index (χ1v) is 7.90. The third kappa shape index (κ3) is 3.41. The van der Waals surface area contributed by atoms with Gasteiger partial charge in [-0.3, -0.25) is 0 Å². The maximum Gasteiger partial charge on any atom is 0.137 e. The molecular weight excluding hydrogens is 248 g/mol. The number of rotatable bonds is 6. The van der Waals surface area contributed by atoms with Crippen molar-refractivity contribution in [2.75, 3.05) is 29.9 Å². The zero-order chi connectivity index (χ0) is 14.6. The molecule has 0 amide bonds. The summed E-state index contributed by atoms with van der Waals surface area (Å²) >= 11 is 0. The van der Waals surface area contributed by atoms with Crippen molar-refractivity contribution < 1.29 is 0 Å². The molecule has 0 unspecified atom stereocenters. The van der Waals surface area contributed by atoms with Gasteiger partial charge in [-0.2, -0.15) is 0 Å². The molecule has 4 heteroatoms. The molecule has 0 bridgehead atoms. The highest BCUT2D eigenvalue weighted by Crippen LogP contribution is 2.34. The van der Waals surface area contributed by atoms with E-state index in [1.807, 2.05) is 0 Å². The summed E-state index contributed by atoms with van der Waals surface area (Å²) in [5.74, 6) is 2.18. The van der Waals surface area contributed by atoms with Gasteiger partial charge >= 0.3 is 0 Å². The SMILES string of the molecule is CCCNc1ncnc(N2CCC(C)(C)C2)c1CCC. The predicted molar refractivity (Wildman–Crippen MR) is 85.4 cm³/mol. The van der Waals surface area contributed by atoms with Gasteiger partial charge in [0.25, 0.3) is 0 Å². The van der Waals surface area contributed by atoms with Gasteiger partial charge in [-0.15, -0.1) is 0 Å². The fourth-order valence-corrected chi connectivity index (χ4v) is 2.84. The molecular formula is C16H28N4. The summed E-state index contributed by atoms with van der Waals surface area (Å²) in [5.41, 5.74) is 1.69. The molecule has 0 spiro atoms. The second kappa shape index (κ2) is 6.42. The Hall–Kier alpha value is -1.32. The number of nitrogens with one attached hydrogen (secondary N) is 1. The van der Waals surface area contributed by atoms with E-state index in [0.29, 0.717) is 5.41 Å². The van der Waals surface area contributed by atoms with Gasteiger partial charge in [0.05, 0.1) is 0 Å². The third-order valence-corrected chi connectivity index (χ3v) is 3.94. The van der Waals surface area contributed by atoms with Crippen LogP contribution in [0, 0.1) is 5.41 Å². The lowest BCUT2D eigenvalue weighted by Gasteiger charge is -2.24. The van der Waals surface area contributed by atoms with Crippen LogP contribution in [0.4, 0.5) is 11.6 Å². The van der Waals surface area contributed by atoms with E-state index >= 15 is 0 Å². The molecule has 1 aliphatic rings. The Kier molecular flexibility index (Phi) is 4.84. The molecule has 0 atom stereocenters. The Balaban J connectivity index is 2.27. The van der Waals surface area contributed by atoms with E-state index in [-0.39, 0.29) is 0 Å². The lowest BCUT2D eigenvalue weighted by molar-refractivity contribution is 0.418. The number of nitrogens with zero attached hydrogens (tertiary/aromatic N) is 3. The van der Waals surface area contributed by atoms with Crippen LogP contribution >= 0.6 is 0 Å². The van der Waals surface area contributed by atoms with Gasteiger partial charge in [-0.25, -0.2) is 9.97 Å². The zero-order valence-electron chi connectivity index (χ0n) is 13.4. The van der Waals surface area contributed by atoms with Crippen molar-refractivity contribution in [1.82, 2.24) is 9.97 Å². The Bertz CT molecular complexity index is 442. The zero-order valence-corrected chi connectivity index (χ0v) is 13.4. The van der Waals surface area contributed by atoms with Crippen LogP contribution in [0.3, 0.4) is 0 Å². The molecule has 1 fully saturated rings. The number of aromatic nitrogens is 2. The van der Waals surface area contributed by atoms with Gasteiger partial charge in [0.15, 0.2) is 0 Å². The second-order valence-corrected chi connectivity index (χ2v) is 6.54. The molecule has 1 aromatic rings. The molecule has 1 N–H and O–H groups in total. The fourth-order valence-electron chi connectivity index (χ4n) is 2.84. The largest absolute Gasteiger partial charge is 0.370 e. The van der Waals surface area contributed by atoms with Gasteiger partial charge in [-0.1, -0.05) is 34.1 Å². The van der Waals surface area contributed by atoms with Crippen LogP contribution in [0.2, 0.25) is 0 Å². The highest BCUT2D eigenvalue weighted by Gasteiger charge is 2.31. The summed E-state index contributed by atoms with van der Waals surface area (Å²) in [6.07, 6.45) is 6.22. The maximum absolute atomic E-state index is 4.59. The van der Waals surface area contributed by atoms with Crippen LogP contribution in [-0.2, 0) is 6.42 Å². The molecule has 1 saturated heterocycles. The Morgan fingerprint density at radius 1 is 1.25 bits per heavy atom. The first-order chi connectivity index (χ1) is 9.57. The Morgan fingerprint density at radius 2 is 2.05 bits per heavy atom. The van der Waals surface area contributed by atoms with Crippen LogP contribution in [0.25, 0.3) is 0 Å². The summed E-state index contributed by atoms with van der Waals surface area (Å²) in [4.78, 5) is 11.5. The van der Waals surface area contributed by atoms with Gasteiger partial charge in [0.1, 0.15) is 18.0 Å². The lowest BCUT2D eigenvalue weighted by atomic mass is 9.93. The Labute approximate surface area is 123 Å². The minimum absolute atomic E-state index is 0.394. The minimum Gasteiger partial charge on any atom is -0.370 e. The normalized spacial score (nSPS) is 17.5. The molecule has 0 saturated carbocycles. The molecule has 20 heavy (non-hydrogen) atoms. The van der Waals surface area contributed by atoms with Crippen molar-refractivity contribution in [1.29, 1.82) is 0 Å². The van der Waals surface area contributed by atoms with E-state index in [1.54, 1.807) is 6.33 Å². The first-order valence-electron chi connectivity index (χ1n) is 7.90. The molecule has 4 nitrogen and oxygen atoms in total. The van der Waals surface area contributed by atoms with Crippen molar-refractivity contribution in [3.05, 3.63) is 11.9 Å². The highest BCUT2D eigenvalue weighted by atomic mass is 15.2. The van der Waals surface area contributed by atoms with Gasteiger partial charge in [0.2, 0.25) is 0 Å². The third-order valence-electron chi connectivity index (χ3n) is 3.94. The molecule has 2 rings (SSSR count). The van der Waals surface area contributed by atoms with E-state index in [4.69, 9.17) is 0 Å². The van der Waals surface area contributed by atoms with Crippen LogP contribution < -0.4 is 10.2 Å². The second-order valence-electron chi connectivity index (χ2n) is 6.54. The monoisotopic (exact) mass is 276 g/mol. The Morgan fingerprint density at radius 3 is 2.65 bits per heavy atom. The number of anilines is 2. The maximum atomic E-state index is 4.59. The molecule has 2 heterocycles. The van der Waals surface area contributed by atoms with E-state index in [1.165, 1.54) is 12.0 Å². The highest BCUT2D eigenvalue weighted by molar-refractivity contribution is 5.59. The molecule has 0 aliphatic carbocycles. The van der Waals surface area contributed by atoms with Gasteiger partial charge in [-0.05, 0) is 24.7 Å². The van der Waals surface area contributed by atoms with Gasteiger partial charge in [0, 0.05) is 25.2 Å². The molecule has 1 aliphatic heterocycles. The number of hydrogen-bond acceptors (Lipinski definition) is 4. The average Bonchev–Trinajstić information content (AvgIpc) is 2.78. The molecule has 0 radical (unpaired) electrons.